The van der Waals surface area contributed by atoms with E-state index in [9.17, 15) is 4.79 Å². The minimum Gasteiger partial charge on any atom is -0.341 e. The number of carbonyl (C=O) groups is 1. The van der Waals surface area contributed by atoms with E-state index in [1.54, 1.807) is 12.1 Å². The van der Waals surface area contributed by atoms with Crippen molar-refractivity contribution < 1.29 is 4.79 Å². The molecule has 0 amide bonds. The minimum atomic E-state index is 0.0989. The number of thiophene rings is 1. The van der Waals surface area contributed by atoms with Crippen molar-refractivity contribution in [1.29, 1.82) is 0 Å². The molecule has 5 nitrogen and oxygen atoms in total. The molecule has 0 atom stereocenters. The molecule has 0 unspecified atom stereocenters. The van der Waals surface area contributed by atoms with Crippen LogP contribution in [0, 0.1) is 0 Å². The number of halogens is 1. The highest BCUT2D eigenvalue weighted by Crippen LogP contribution is 2.41. The third-order valence-corrected chi connectivity index (χ3v) is 6.59. The average Bonchev–Trinajstić information content (AvgIpc) is 3.20. The van der Waals surface area contributed by atoms with Gasteiger partial charge in [-0.2, -0.15) is 0 Å². The maximum Gasteiger partial charge on any atom is 0.228 e. The van der Waals surface area contributed by atoms with E-state index in [-0.39, 0.29) is 5.78 Å². The van der Waals surface area contributed by atoms with Crippen molar-refractivity contribution in [3.63, 3.8) is 0 Å². The Morgan fingerprint density at radius 1 is 1.25 bits per heavy atom. The molecule has 3 heterocycles. The lowest BCUT2D eigenvalue weighted by atomic mass is 10.1. The highest BCUT2D eigenvalue weighted by Gasteiger charge is 2.32. The van der Waals surface area contributed by atoms with Gasteiger partial charge in [0.15, 0.2) is 10.9 Å². The maximum absolute atomic E-state index is 12.3. The summed E-state index contributed by atoms with van der Waals surface area (Å²) in [6, 6.07) is 4.07. The molecule has 1 aliphatic heterocycles. The number of anilines is 1. The Morgan fingerprint density at radius 2 is 2.04 bits per heavy atom. The number of aromatic nitrogens is 3. The fourth-order valence-corrected chi connectivity index (χ4v) is 4.95. The van der Waals surface area contributed by atoms with Crippen LogP contribution in [0.4, 0.5) is 5.95 Å². The molecule has 1 saturated carbocycles. The van der Waals surface area contributed by atoms with Crippen LogP contribution in [0.15, 0.2) is 17.3 Å². The zero-order chi connectivity index (χ0) is 16.5. The van der Waals surface area contributed by atoms with Gasteiger partial charge in [0.1, 0.15) is 0 Å². The van der Waals surface area contributed by atoms with Crippen molar-refractivity contribution in [2.45, 2.75) is 43.3 Å². The number of hydrogen-bond acceptors (Lipinski definition) is 6. The molecule has 2 aromatic heterocycles. The van der Waals surface area contributed by atoms with E-state index < -0.39 is 0 Å². The second-order valence-corrected chi connectivity index (χ2v) is 8.90. The van der Waals surface area contributed by atoms with Gasteiger partial charge in [0, 0.05) is 19.1 Å². The smallest absolute Gasteiger partial charge is 0.228 e. The van der Waals surface area contributed by atoms with Crippen LogP contribution in [0.1, 0.15) is 47.8 Å². The molecule has 0 N–H and O–H groups in total. The molecule has 0 aromatic carbocycles. The van der Waals surface area contributed by atoms with Gasteiger partial charge in [-0.05, 0) is 44.2 Å². The van der Waals surface area contributed by atoms with Gasteiger partial charge in [0.05, 0.1) is 15.0 Å². The van der Waals surface area contributed by atoms with Gasteiger partial charge in [0.25, 0.3) is 0 Å². The van der Waals surface area contributed by atoms with E-state index in [0.29, 0.717) is 21.0 Å². The molecule has 0 spiro atoms. The monoisotopic (exact) mass is 382 g/mol. The van der Waals surface area contributed by atoms with Crippen LogP contribution in [0.3, 0.4) is 0 Å². The summed E-state index contributed by atoms with van der Waals surface area (Å²) in [6.07, 6.45) is 6.10. The Morgan fingerprint density at radius 3 is 2.71 bits per heavy atom. The number of thioether (sulfide) groups is 1. The number of piperidine rings is 1. The summed E-state index contributed by atoms with van der Waals surface area (Å²) >= 11 is 8.74. The summed E-state index contributed by atoms with van der Waals surface area (Å²) in [6.45, 7) is 2.12. The summed E-state index contributed by atoms with van der Waals surface area (Å²) in [4.78, 5) is 15.4. The molecule has 4 rings (SSSR count). The molecule has 24 heavy (non-hydrogen) atoms. The van der Waals surface area contributed by atoms with Crippen LogP contribution in [-0.2, 0) is 0 Å². The first kappa shape index (κ1) is 16.4. The van der Waals surface area contributed by atoms with Crippen molar-refractivity contribution in [1.82, 2.24) is 14.8 Å². The van der Waals surface area contributed by atoms with Gasteiger partial charge in [-0.1, -0.05) is 23.4 Å². The first-order valence-corrected chi connectivity index (χ1v) is 10.5. The lowest BCUT2D eigenvalue weighted by molar-refractivity contribution is 0.102. The molecular weight excluding hydrogens is 364 g/mol. The Labute approximate surface area is 154 Å². The molecule has 8 heteroatoms. The first-order chi connectivity index (χ1) is 11.7. The number of rotatable bonds is 6. The second-order valence-electron chi connectivity index (χ2n) is 6.25. The second kappa shape index (κ2) is 7.06. The molecular formula is C16H19ClN4OS2. The standard InChI is InChI=1S/C16H19ClN4OS2/c17-14-7-6-13(24-14)12(22)10-23-16-19-18-15(21(16)11-4-5-11)20-8-2-1-3-9-20/h6-7,11H,1-5,8-10H2. The molecule has 1 saturated heterocycles. The Bertz CT molecular complexity index is 734. The van der Waals surface area contributed by atoms with Gasteiger partial charge in [-0.25, -0.2) is 0 Å². The van der Waals surface area contributed by atoms with E-state index in [2.05, 4.69) is 19.7 Å². The van der Waals surface area contributed by atoms with Crippen molar-refractivity contribution >= 4 is 46.4 Å². The molecule has 0 bridgehead atoms. The van der Waals surface area contributed by atoms with Crippen LogP contribution >= 0.6 is 34.7 Å². The van der Waals surface area contributed by atoms with Crippen molar-refractivity contribution in [2.24, 2.45) is 0 Å². The van der Waals surface area contributed by atoms with E-state index in [1.165, 1.54) is 55.2 Å². The van der Waals surface area contributed by atoms with E-state index in [1.807, 2.05) is 0 Å². The van der Waals surface area contributed by atoms with Crippen LogP contribution in [0.5, 0.6) is 0 Å². The van der Waals surface area contributed by atoms with Crippen molar-refractivity contribution in [3.8, 4) is 0 Å². The topological polar surface area (TPSA) is 51.0 Å². The van der Waals surface area contributed by atoms with Crippen LogP contribution in [0.25, 0.3) is 0 Å². The summed E-state index contributed by atoms with van der Waals surface area (Å²) < 4.78 is 2.90. The third-order valence-electron chi connectivity index (χ3n) is 4.38. The Hall–Kier alpha value is -1.05. The van der Waals surface area contributed by atoms with E-state index >= 15 is 0 Å². The largest absolute Gasteiger partial charge is 0.341 e. The highest BCUT2D eigenvalue weighted by atomic mass is 35.5. The van der Waals surface area contributed by atoms with Crippen molar-refractivity contribution in [3.05, 3.63) is 21.3 Å². The summed E-state index contributed by atoms with van der Waals surface area (Å²) in [7, 11) is 0. The van der Waals surface area contributed by atoms with E-state index in [4.69, 9.17) is 11.6 Å². The molecule has 2 fully saturated rings. The Kier molecular flexibility index (Phi) is 4.83. The maximum atomic E-state index is 12.3. The van der Waals surface area contributed by atoms with Gasteiger partial charge < -0.3 is 4.90 Å². The van der Waals surface area contributed by atoms with Crippen LogP contribution in [0.2, 0.25) is 4.34 Å². The zero-order valence-corrected chi connectivity index (χ0v) is 15.7. The lowest BCUT2D eigenvalue weighted by Gasteiger charge is -2.27. The van der Waals surface area contributed by atoms with Gasteiger partial charge in [-0.3, -0.25) is 9.36 Å². The molecule has 0 radical (unpaired) electrons. The normalized spacial score (nSPS) is 18.1. The average molecular weight is 383 g/mol. The number of hydrogen-bond donors (Lipinski definition) is 0. The summed E-state index contributed by atoms with van der Waals surface area (Å²) in [5.74, 6) is 1.47. The minimum absolute atomic E-state index is 0.0989. The van der Waals surface area contributed by atoms with Crippen molar-refractivity contribution in [2.75, 3.05) is 23.7 Å². The number of Topliss-reactive ketones (excluding diaryl/α,β-unsaturated/α-hetero) is 1. The fraction of sp³-hybridized carbons (Fsp3) is 0.562. The predicted molar refractivity (Wildman–Crippen MR) is 98.7 cm³/mol. The molecule has 1 aliphatic carbocycles. The highest BCUT2D eigenvalue weighted by molar-refractivity contribution is 7.99. The van der Waals surface area contributed by atoms with Gasteiger partial charge in [0.2, 0.25) is 5.95 Å². The lowest BCUT2D eigenvalue weighted by Crippen LogP contribution is -2.31. The quantitative estimate of drug-likeness (QED) is 0.551. The SMILES string of the molecule is O=C(CSc1nnc(N2CCCCC2)n1C1CC1)c1ccc(Cl)s1. The molecule has 2 aromatic rings. The van der Waals surface area contributed by atoms with Crippen LogP contribution in [-0.4, -0.2) is 39.4 Å². The zero-order valence-electron chi connectivity index (χ0n) is 13.3. The summed E-state index contributed by atoms with van der Waals surface area (Å²) in [5.41, 5.74) is 0. The number of ketones is 1. The summed E-state index contributed by atoms with van der Waals surface area (Å²) in [5, 5.41) is 9.70. The number of nitrogens with zero attached hydrogens (tertiary/aromatic N) is 4. The van der Waals surface area contributed by atoms with E-state index in [0.717, 1.165) is 24.2 Å². The predicted octanol–water partition coefficient (Wildman–Crippen LogP) is 4.29. The molecule has 2 aliphatic rings. The fourth-order valence-electron chi connectivity index (χ4n) is 2.99. The van der Waals surface area contributed by atoms with Gasteiger partial charge in [-0.15, -0.1) is 21.5 Å². The third kappa shape index (κ3) is 3.48. The first-order valence-electron chi connectivity index (χ1n) is 8.33. The van der Waals surface area contributed by atoms with Crippen LogP contribution < -0.4 is 4.90 Å². The van der Waals surface area contributed by atoms with Gasteiger partial charge >= 0.3 is 0 Å². The molecule has 128 valence electrons. The Balaban J connectivity index is 1.48. The number of carbonyl (C=O) groups excluding carboxylic acids is 1.